The summed E-state index contributed by atoms with van der Waals surface area (Å²) in [5, 5.41) is 6.98. The Morgan fingerprint density at radius 3 is 2.78 bits per heavy atom. The molecule has 0 spiro atoms. The predicted molar refractivity (Wildman–Crippen MR) is 141 cm³/mol. The highest BCUT2D eigenvalue weighted by molar-refractivity contribution is 7.80. The number of carbonyl (C=O) groups is 1. The zero-order valence-electron chi connectivity index (χ0n) is 19.8. The SMILES string of the molecule is COc1ccccc1NC(=O)CCN1C(=S)NC(c2ccccn2)C1c1cccn1Cc1ccco1. The maximum atomic E-state index is 12.9. The number of ether oxygens (including phenoxy) is 1. The van der Waals surface area contributed by atoms with Crippen molar-refractivity contribution in [3.63, 3.8) is 0 Å². The fraction of sp³-hybridized carbons (Fsp3) is 0.222. The minimum Gasteiger partial charge on any atom is -0.495 e. The zero-order chi connectivity index (χ0) is 24.9. The second kappa shape index (κ2) is 10.7. The van der Waals surface area contributed by atoms with Crippen LogP contribution in [-0.2, 0) is 11.3 Å². The molecule has 5 rings (SSSR count). The summed E-state index contributed by atoms with van der Waals surface area (Å²) in [5.41, 5.74) is 2.58. The Balaban J connectivity index is 1.39. The van der Waals surface area contributed by atoms with Crippen molar-refractivity contribution in [1.29, 1.82) is 0 Å². The predicted octanol–water partition coefficient (Wildman–Crippen LogP) is 4.53. The summed E-state index contributed by atoms with van der Waals surface area (Å²) in [5.74, 6) is 1.36. The molecule has 9 heteroatoms. The van der Waals surface area contributed by atoms with E-state index in [0.29, 0.717) is 29.6 Å². The third-order valence-corrected chi connectivity index (χ3v) is 6.58. The van der Waals surface area contributed by atoms with Gasteiger partial charge in [0.2, 0.25) is 5.91 Å². The number of para-hydroxylation sites is 2. The van der Waals surface area contributed by atoms with Gasteiger partial charge in [-0.25, -0.2) is 0 Å². The maximum absolute atomic E-state index is 12.9. The molecular formula is C27H27N5O3S. The number of hydrogen-bond acceptors (Lipinski definition) is 5. The van der Waals surface area contributed by atoms with Gasteiger partial charge in [0, 0.05) is 31.1 Å². The van der Waals surface area contributed by atoms with Crippen molar-refractivity contribution >= 4 is 28.9 Å². The van der Waals surface area contributed by atoms with E-state index in [-0.39, 0.29) is 24.4 Å². The van der Waals surface area contributed by atoms with Crippen molar-refractivity contribution in [1.82, 2.24) is 19.8 Å². The lowest BCUT2D eigenvalue weighted by Crippen LogP contribution is -2.33. The van der Waals surface area contributed by atoms with Gasteiger partial charge in [-0.15, -0.1) is 0 Å². The van der Waals surface area contributed by atoms with E-state index in [2.05, 4.69) is 31.2 Å². The van der Waals surface area contributed by atoms with Crippen LogP contribution in [0, 0.1) is 0 Å². The number of thiocarbonyl (C=S) groups is 1. The molecule has 0 aliphatic carbocycles. The van der Waals surface area contributed by atoms with Gasteiger partial charge >= 0.3 is 0 Å². The van der Waals surface area contributed by atoms with Gasteiger partial charge in [-0.3, -0.25) is 9.78 Å². The lowest BCUT2D eigenvalue weighted by atomic mass is 10.0. The number of rotatable bonds is 9. The van der Waals surface area contributed by atoms with Crippen LogP contribution < -0.4 is 15.4 Å². The summed E-state index contributed by atoms with van der Waals surface area (Å²) in [4.78, 5) is 19.5. The van der Waals surface area contributed by atoms with Crippen molar-refractivity contribution < 1.29 is 13.9 Å². The lowest BCUT2D eigenvalue weighted by Gasteiger charge is -2.28. The summed E-state index contributed by atoms with van der Waals surface area (Å²) >= 11 is 5.76. The van der Waals surface area contributed by atoms with Crippen LogP contribution >= 0.6 is 12.2 Å². The molecular weight excluding hydrogens is 474 g/mol. The number of carbonyl (C=O) groups excluding carboxylic acids is 1. The first kappa shape index (κ1) is 23.6. The van der Waals surface area contributed by atoms with Crippen molar-refractivity contribution in [3.05, 3.63) is 103 Å². The number of hydrogen-bond donors (Lipinski definition) is 2. The molecule has 36 heavy (non-hydrogen) atoms. The zero-order valence-corrected chi connectivity index (χ0v) is 20.7. The first-order valence-corrected chi connectivity index (χ1v) is 12.1. The number of nitrogens with one attached hydrogen (secondary N) is 2. The van der Waals surface area contributed by atoms with Crippen LogP contribution in [-0.4, -0.2) is 39.1 Å². The van der Waals surface area contributed by atoms with Crippen LogP contribution in [0.1, 0.15) is 35.7 Å². The minimum absolute atomic E-state index is 0.117. The van der Waals surface area contributed by atoms with Crippen molar-refractivity contribution in [3.8, 4) is 5.75 Å². The first-order valence-electron chi connectivity index (χ1n) is 11.7. The smallest absolute Gasteiger partial charge is 0.226 e. The van der Waals surface area contributed by atoms with Crippen LogP contribution in [0.5, 0.6) is 5.75 Å². The molecule has 1 aliphatic rings. The molecule has 1 saturated heterocycles. The van der Waals surface area contributed by atoms with E-state index in [0.717, 1.165) is 17.1 Å². The first-order chi connectivity index (χ1) is 17.6. The highest BCUT2D eigenvalue weighted by Crippen LogP contribution is 2.39. The number of anilines is 1. The van der Waals surface area contributed by atoms with Gasteiger partial charge < -0.3 is 29.3 Å². The molecule has 1 aliphatic heterocycles. The molecule has 2 N–H and O–H groups in total. The summed E-state index contributed by atoms with van der Waals surface area (Å²) in [6.07, 6.45) is 5.74. The highest BCUT2D eigenvalue weighted by Gasteiger charge is 2.41. The molecule has 2 unspecified atom stereocenters. The molecule has 0 radical (unpaired) electrons. The van der Waals surface area contributed by atoms with Crippen LogP contribution in [0.4, 0.5) is 5.69 Å². The highest BCUT2D eigenvalue weighted by atomic mass is 32.1. The minimum atomic E-state index is -0.166. The molecule has 0 bridgehead atoms. The Kier molecular flexibility index (Phi) is 6.99. The van der Waals surface area contributed by atoms with Crippen LogP contribution in [0.2, 0.25) is 0 Å². The van der Waals surface area contributed by atoms with Crippen molar-refractivity contribution in [2.75, 3.05) is 19.0 Å². The Bertz CT molecular complexity index is 1320. The van der Waals surface area contributed by atoms with Crippen molar-refractivity contribution in [2.45, 2.75) is 25.0 Å². The fourth-order valence-electron chi connectivity index (χ4n) is 4.56. The lowest BCUT2D eigenvalue weighted by molar-refractivity contribution is -0.116. The molecule has 4 aromatic rings. The molecule has 2 atom stereocenters. The molecule has 1 amide bonds. The second-order valence-corrected chi connectivity index (χ2v) is 8.85. The average molecular weight is 502 g/mol. The largest absolute Gasteiger partial charge is 0.495 e. The summed E-state index contributed by atoms with van der Waals surface area (Å²) in [7, 11) is 1.58. The number of benzene rings is 1. The number of pyridine rings is 1. The topological polar surface area (TPSA) is 84.6 Å². The molecule has 3 aromatic heterocycles. The third-order valence-electron chi connectivity index (χ3n) is 6.23. The maximum Gasteiger partial charge on any atom is 0.226 e. The number of amides is 1. The molecule has 184 valence electrons. The van der Waals surface area contributed by atoms with Gasteiger partial charge in [0.1, 0.15) is 11.5 Å². The van der Waals surface area contributed by atoms with E-state index in [9.17, 15) is 4.79 Å². The normalized spacial score (nSPS) is 17.1. The summed E-state index contributed by atoms with van der Waals surface area (Å²) < 4.78 is 13.1. The van der Waals surface area contributed by atoms with E-state index >= 15 is 0 Å². The third kappa shape index (κ3) is 4.96. The van der Waals surface area contributed by atoms with E-state index in [1.54, 1.807) is 19.6 Å². The van der Waals surface area contributed by atoms with Crippen LogP contribution in [0.3, 0.4) is 0 Å². The van der Waals surface area contributed by atoms with Crippen LogP contribution in [0.25, 0.3) is 0 Å². The van der Waals surface area contributed by atoms with Gasteiger partial charge in [-0.1, -0.05) is 18.2 Å². The Morgan fingerprint density at radius 2 is 2.00 bits per heavy atom. The Morgan fingerprint density at radius 1 is 1.14 bits per heavy atom. The summed E-state index contributed by atoms with van der Waals surface area (Å²) in [6.45, 7) is 1.03. The summed E-state index contributed by atoms with van der Waals surface area (Å²) in [6, 6.07) is 20.8. The van der Waals surface area contributed by atoms with E-state index in [1.807, 2.05) is 66.9 Å². The molecule has 0 saturated carbocycles. The van der Waals surface area contributed by atoms with E-state index in [4.69, 9.17) is 21.4 Å². The van der Waals surface area contributed by atoms with E-state index in [1.165, 1.54) is 0 Å². The molecule has 8 nitrogen and oxygen atoms in total. The number of aromatic nitrogens is 2. The number of nitrogens with zero attached hydrogens (tertiary/aromatic N) is 3. The molecule has 1 fully saturated rings. The molecule has 4 heterocycles. The van der Waals surface area contributed by atoms with Crippen LogP contribution in [0.15, 0.2) is 89.8 Å². The second-order valence-electron chi connectivity index (χ2n) is 8.46. The van der Waals surface area contributed by atoms with Gasteiger partial charge in [-0.05, 0) is 60.7 Å². The monoisotopic (exact) mass is 501 g/mol. The number of furan rings is 1. The number of methoxy groups -OCH3 is 1. The Hall–Kier alpha value is -4.11. The quantitative estimate of drug-likeness (QED) is 0.326. The van der Waals surface area contributed by atoms with Gasteiger partial charge in [-0.2, -0.15) is 0 Å². The van der Waals surface area contributed by atoms with Gasteiger partial charge in [0.15, 0.2) is 5.11 Å². The van der Waals surface area contributed by atoms with Gasteiger partial charge in [0.05, 0.1) is 43.4 Å². The van der Waals surface area contributed by atoms with Crippen molar-refractivity contribution in [2.24, 2.45) is 0 Å². The van der Waals surface area contributed by atoms with Gasteiger partial charge in [0.25, 0.3) is 0 Å². The fourth-order valence-corrected chi connectivity index (χ4v) is 4.89. The van der Waals surface area contributed by atoms with E-state index < -0.39 is 0 Å². The Labute approximate surface area is 214 Å². The molecule has 1 aromatic carbocycles. The standard InChI is InChI=1S/C27H27N5O3S/c1-34-23-12-3-2-9-20(23)29-24(33)13-16-32-26(25(30-27(32)36)21-10-4-5-14-28-21)22-11-6-15-31(22)18-19-8-7-17-35-19/h2-12,14-15,17,25-26H,13,16,18H2,1H3,(H,29,33)(H,30,36). The average Bonchev–Trinajstić information content (AvgIpc) is 3.65.